The Hall–Kier alpha value is -1.67. The van der Waals surface area contributed by atoms with Gasteiger partial charge in [0, 0.05) is 17.7 Å². The molecule has 88 valence electrons. The molecular formula is C8H10N2O5S. The summed E-state index contributed by atoms with van der Waals surface area (Å²) in [5, 5.41) is 15.4. The van der Waals surface area contributed by atoms with Crippen LogP contribution in [0.25, 0.3) is 0 Å². The Labute approximate surface area is 92.0 Å². The summed E-state index contributed by atoms with van der Waals surface area (Å²) in [5.74, 6) is -0.252. The first-order chi connectivity index (χ1) is 7.33. The quantitative estimate of drug-likeness (QED) is 0.610. The predicted molar refractivity (Wildman–Crippen MR) is 56.5 cm³/mol. The van der Waals surface area contributed by atoms with Gasteiger partial charge in [-0.2, -0.15) is 0 Å². The lowest BCUT2D eigenvalue weighted by Gasteiger charge is -2.06. The second-order valence-electron chi connectivity index (χ2n) is 3.06. The third kappa shape index (κ3) is 3.17. The lowest BCUT2D eigenvalue weighted by atomic mass is 10.2. The minimum absolute atomic E-state index is 0.166. The van der Waals surface area contributed by atoms with Crippen molar-refractivity contribution >= 4 is 15.7 Å². The number of rotatable bonds is 4. The fourth-order valence-corrected chi connectivity index (χ4v) is 1.87. The molecule has 0 amide bonds. The van der Waals surface area contributed by atoms with Gasteiger partial charge < -0.3 is 4.74 Å². The number of ether oxygens (including phenoxy) is 1. The summed E-state index contributed by atoms with van der Waals surface area (Å²) < 4.78 is 26.7. The van der Waals surface area contributed by atoms with E-state index in [1.54, 1.807) is 0 Å². The second-order valence-corrected chi connectivity index (χ2v) is 4.67. The van der Waals surface area contributed by atoms with E-state index in [4.69, 9.17) is 9.88 Å². The number of hydrogen-bond acceptors (Lipinski definition) is 5. The Morgan fingerprint density at radius 1 is 1.50 bits per heavy atom. The Bertz CT molecular complexity index is 511. The van der Waals surface area contributed by atoms with Crippen LogP contribution >= 0.6 is 0 Å². The van der Waals surface area contributed by atoms with Gasteiger partial charge in [-0.1, -0.05) is 0 Å². The summed E-state index contributed by atoms with van der Waals surface area (Å²) in [7, 11) is -2.41. The minimum atomic E-state index is -3.75. The Balaban J connectivity index is 3.22. The smallest absolute Gasteiger partial charge is 0.270 e. The van der Waals surface area contributed by atoms with Gasteiger partial charge >= 0.3 is 0 Å². The number of methoxy groups -OCH3 is 1. The van der Waals surface area contributed by atoms with Gasteiger partial charge in [-0.3, -0.25) is 10.1 Å². The third-order valence-corrected chi connectivity index (χ3v) is 2.54. The average molecular weight is 246 g/mol. The van der Waals surface area contributed by atoms with Crippen molar-refractivity contribution in [3.05, 3.63) is 33.9 Å². The van der Waals surface area contributed by atoms with Crippen molar-refractivity contribution in [2.24, 2.45) is 5.14 Å². The second kappa shape index (κ2) is 4.45. The molecule has 0 spiro atoms. The van der Waals surface area contributed by atoms with Crippen LogP contribution in [0.4, 0.5) is 5.69 Å². The molecule has 0 radical (unpaired) electrons. The molecule has 0 aliphatic carbocycles. The summed E-state index contributed by atoms with van der Waals surface area (Å²) in [5.41, 5.74) is -0.0429. The zero-order valence-electron chi connectivity index (χ0n) is 8.41. The van der Waals surface area contributed by atoms with Gasteiger partial charge in [0.2, 0.25) is 10.0 Å². The Kier molecular flexibility index (Phi) is 3.45. The van der Waals surface area contributed by atoms with Crippen LogP contribution < -0.4 is 9.88 Å². The standard InChI is InChI=1S/C8H10N2O5S/c1-15-8-3-2-7(10(11)12)4-6(8)5-16(9,13)14/h2-4H,5H2,1H3,(H2,9,13,14). The molecule has 1 rings (SSSR count). The van der Waals surface area contributed by atoms with Crippen molar-refractivity contribution in [1.29, 1.82) is 0 Å². The highest BCUT2D eigenvalue weighted by Crippen LogP contribution is 2.25. The number of nitrogens with two attached hydrogens (primary N) is 1. The molecule has 0 saturated carbocycles. The fraction of sp³-hybridized carbons (Fsp3) is 0.250. The van der Waals surface area contributed by atoms with Crippen LogP contribution in [0.3, 0.4) is 0 Å². The van der Waals surface area contributed by atoms with Crippen molar-refractivity contribution in [3.63, 3.8) is 0 Å². The van der Waals surface area contributed by atoms with E-state index in [2.05, 4.69) is 0 Å². The maximum atomic E-state index is 10.9. The Morgan fingerprint density at radius 2 is 2.12 bits per heavy atom. The lowest BCUT2D eigenvalue weighted by Crippen LogP contribution is -2.15. The molecule has 8 heteroatoms. The lowest BCUT2D eigenvalue weighted by molar-refractivity contribution is -0.384. The van der Waals surface area contributed by atoms with E-state index in [9.17, 15) is 18.5 Å². The highest BCUT2D eigenvalue weighted by atomic mass is 32.2. The molecule has 0 atom stereocenters. The number of nitro groups is 1. The number of sulfonamides is 1. The van der Waals surface area contributed by atoms with Gasteiger partial charge in [0.1, 0.15) is 5.75 Å². The molecule has 0 unspecified atom stereocenters. The molecule has 7 nitrogen and oxygen atoms in total. The number of nitrogens with zero attached hydrogens (tertiary/aromatic N) is 1. The maximum Gasteiger partial charge on any atom is 0.270 e. The molecule has 2 N–H and O–H groups in total. The number of nitro benzene ring substituents is 1. The molecule has 0 fully saturated rings. The van der Waals surface area contributed by atoms with Gasteiger partial charge in [0.25, 0.3) is 5.69 Å². The fourth-order valence-electron chi connectivity index (χ4n) is 1.21. The number of non-ortho nitro benzene ring substituents is 1. The average Bonchev–Trinajstić information content (AvgIpc) is 2.15. The summed E-state index contributed by atoms with van der Waals surface area (Å²) in [6.45, 7) is 0. The largest absolute Gasteiger partial charge is 0.496 e. The van der Waals surface area contributed by atoms with Crippen LogP contribution in [0.5, 0.6) is 5.75 Å². The molecule has 0 aromatic heterocycles. The van der Waals surface area contributed by atoms with E-state index >= 15 is 0 Å². The van der Waals surface area contributed by atoms with Crippen LogP contribution in [0.1, 0.15) is 5.56 Å². The number of hydrogen-bond donors (Lipinski definition) is 1. The van der Waals surface area contributed by atoms with Crippen LogP contribution in [-0.2, 0) is 15.8 Å². The molecule has 0 bridgehead atoms. The molecule has 0 saturated heterocycles. The SMILES string of the molecule is COc1ccc([N+](=O)[O-])cc1CS(N)(=O)=O. The van der Waals surface area contributed by atoms with Crippen molar-refractivity contribution in [1.82, 2.24) is 0 Å². The monoisotopic (exact) mass is 246 g/mol. The van der Waals surface area contributed by atoms with E-state index in [0.717, 1.165) is 6.07 Å². The number of benzene rings is 1. The van der Waals surface area contributed by atoms with Crippen LogP contribution in [0, 0.1) is 10.1 Å². The molecule has 0 aliphatic heterocycles. The van der Waals surface area contributed by atoms with Gasteiger partial charge in [-0.25, -0.2) is 13.6 Å². The number of primary sulfonamides is 1. The zero-order valence-corrected chi connectivity index (χ0v) is 9.23. The molecule has 0 aliphatic rings. The van der Waals surface area contributed by atoms with E-state index < -0.39 is 20.7 Å². The predicted octanol–water partition coefficient (Wildman–Crippen LogP) is 0.392. The van der Waals surface area contributed by atoms with Crippen molar-refractivity contribution in [2.45, 2.75) is 5.75 Å². The summed E-state index contributed by atoms with van der Waals surface area (Å²) >= 11 is 0. The molecule has 1 aromatic carbocycles. The van der Waals surface area contributed by atoms with E-state index in [1.807, 2.05) is 0 Å². The van der Waals surface area contributed by atoms with E-state index in [1.165, 1.54) is 19.2 Å². The van der Waals surface area contributed by atoms with Gasteiger partial charge in [-0.05, 0) is 6.07 Å². The van der Waals surface area contributed by atoms with Gasteiger partial charge in [-0.15, -0.1) is 0 Å². The molecule has 16 heavy (non-hydrogen) atoms. The van der Waals surface area contributed by atoms with Crippen molar-refractivity contribution in [2.75, 3.05) is 7.11 Å². The summed E-state index contributed by atoms with van der Waals surface area (Å²) in [6, 6.07) is 3.69. The van der Waals surface area contributed by atoms with Crippen molar-refractivity contribution in [3.8, 4) is 5.75 Å². The van der Waals surface area contributed by atoms with Crippen LogP contribution in [-0.4, -0.2) is 20.5 Å². The van der Waals surface area contributed by atoms with Crippen LogP contribution in [0.15, 0.2) is 18.2 Å². The highest BCUT2D eigenvalue weighted by Gasteiger charge is 2.15. The first kappa shape index (κ1) is 12.4. The molecule has 1 aromatic rings. The first-order valence-corrected chi connectivity index (χ1v) is 5.87. The Morgan fingerprint density at radius 3 is 2.56 bits per heavy atom. The van der Waals surface area contributed by atoms with Crippen molar-refractivity contribution < 1.29 is 18.1 Å². The van der Waals surface area contributed by atoms with E-state index in [-0.39, 0.29) is 17.0 Å². The van der Waals surface area contributed by atoms with Crippen LogP contribution in [0.2, 0.25) is 0 Å². The van der Waals surface area contributed by atoms with Gasteiger partial charge in [0.15, 0.2) is 0 Å². The zero-order chi connectivity index (χ0) is 12.3. The maximum absolute atomic E-state index is 10.9. The van der Waals surface area contributed by atoms with E-state index in [0.29, 0.717) is 0 Å². The first-order valence-electron chi connectivity index (χ1n) is 4.15. The normalized spacial score (nSPS) is 11.1. The summed E-state index contributed by atoms with van der Waals surface area (Å²) in [4.78, 5) is 9.88. The molecular weight excluding hydrogens is 236 g/mol. The third-order valence-electron chi connectivity index (χ3n) is 1.83. The van der Waals surface area contributed by atoms with Gasteiger partial charge in [0.05, 0.1) is 17.8 Å². The minimum Gasteiger partial charge on any atom is -0.496 e. The summed E-state index contributed by atoms with van der Waals surface area (Å²) in [6.07, 6.45) is 0. The molecule has 0 heterocycles. The topological polar surface area (TPSA) is 113 Å². The highest BCUT2D eigenvalue weighted by molar-refractivity contribution is 7.88.